The number of piperazine rings is 1. The van der Waals surface area contributed by atoms with Crippen molar-refractivity contribution in [2.24, 2.45) is 0 Å². The number of nitrogens with one attached hydrogen (secondary N) is 1. The summed E-state index contributed by atoms with van der Waals surface area (Å²) in [6.45, 7) is 7.27. The topological polar surface area (TPSA) is 61.3 Å². The van der Waals surface area contributed by atoms with Crippen molar-refractivity contribution < 1.29 is 5.11 Å². The lowest BCUT2D eigenvalue weighted by molar-refractivity contribution is 0.0778. The Morgan fingerprint density at radius 3 is 2.31 bits per heavy atom. The van der Waals surface area contributed by atoms with E-state index >= 15 is 0 Å². The second kappa shape index (κ2) is 4.35. The van der Waals surface area contributed by atoms with Crippen LogP contribution in [0.25, 0.3) is 0 Å². The smallest absolute Gasteiger partial charge is 0.225 e. The molecule has 0 radical (unpaired) electrons. The van der Waals surface area contributed by atoms with Crippen molar-refractivity contribution in [3.63, 3.8) is 0 Å². The first kappa shape index (κ1) is 11.3. The summed E-state index contributed by atoms with van der Waals surface area (Å²) < 4.78 is 0. The molecule has 0 saturated carbocycles. The molecule has 5 nitrogen and oxygen atoms in total. The van der Waals surface area contributed by atoms with Crippen molar-refractivity contribution in [1.29, 1.82) is 0 Å². The Kier molecular flexibility index (Phi) is 3.07. The molecule has 1 aliphatic rings. The van der Waals surface area contributed by atoms with Gasteiger partial charge in [-0.05, 0) is 13.8 Å². The van der Waals surface area contributed by atoms with Crippen LogP contribution in [0.2, 0.25) is 0 Å². The highest BCUT2D eigenvalue weighted by Crippen LogP contribution is 2.18. The zero-order valence-electron chi connectivity index (χ0n) is 9.77. The molecule has 0 spiro atoms. The predicted octanol–water partition coefficient (Wildman–Crippen LogP) is 0.114. The molecule has 1 saturated heterocycles. The molecular formula is C11H18N4O. The largest absolute Gasteiger partial charge is 0.386 e. The Morgan fingerprint density at radius 1 is 1.25 bits per heavy atom. The third-order valence-electron chi connectivity index (χ3n) is 2.74. The summed E-state index contributed by atoms with van der Waals surface area (Å²) in [7, 11) is 0. The monoisotopic (exact) mass is 222 g/mol. The molecule has 0 bridgehead atoms. The lowest BCUT2D eigenvalue weighted by Gasteiger charge is -2.27. The lowest BCUT2D eigenvalue weighted by atomic mass is 10.0. The Labute approximate surface area is 95.5 Å². The number of aliphatic hydroxyl groups is 1. The highest BCUT2D eigenvalue weighted by atomic mass is 16.3. The van der Waals surface area contributed by atoms with Gasteiger partial charge in [0, 0.05) is 44.1 Å². The molecule has 1 aromatic heterocycles. The maximum Gasteiger partial charge on any atom is 0.225 e. The summed E-state index contributed by atoms with van der Waals surface area (Å²) in [5.74, 6) is 0.745. The number of rotatable bonds is 2. The fourth-order valence-corrected chi connectivity index (χ4v) is 1.67. The van der Waals surface area contributed by atoms with Gasteiger partial charge in [-0.15, -0.1) is 0 Å². The van der Waals surface area contributed by atoms with Gasteiger partial charge < -0.3 is 15.3 Å². The van der Waals surface area contributed by atoms with Crippen LogP contribution in [0.4, 0.5) is 5.95 Å². The molecule has 5 heteroatoms. The van der Waals surface area contributed by atoms with Crippen molar-refractivity contribution in [1.82, 2.24) is 15.3 Å². The number of anilines is 1. The molecule has 2 rings (SSSR count). The second-order valence-corrected chi connectivity index (χ2v) is 4.57. The first-order chi connectivity index (χ1) is 7.57. The summed E-state index contributed by atoms with van der Waals surface area (Å²) in [5.41, 5.74) is -0.131. The average molecular weight is 222 g/mol. The van der Waals surface area contributed by atoms with Gasteiger partial charge in [-0.3, -0.25) is 0 Å². The van der Waals surface area contributed by atoms with Crippen LogP contribution in [0.15, 0.2) is 12.4 Å². The van der Waals surface area contributed by atoms with Gasteiger partial charge >= 0.3 is 0 Å². The molecule has 0 aromatic carbocycles. The van der Waals surface area contributed by atoms with Gasteiger partial charge in [-0.2, -0.15) is 0 Å². The first-order valence-electron chi connectivity index (χ1n) is 5.58. The van der Waals surface area contributed by atoms with Gasteiger partial charge in [-0.25, -0.2) is 9.97 Å². The molecule has 1 aliphatic heterocycles. The van der Waals surface area contributed by atoms with Crippen LogP contribution in [-0.4, -0.2) is 41.3 Å². The van der Waals surface area contributed by atoms with E-state index in [2.05, 4.69) is 20.2 Å². The van der Waals surface area contributed by atoms with Crippen LogP contribution in [0.5, 0.6) is 0 Å². The van der Waals surface area contributed by atoms with Gasteiger partial charge in [-0.1, -0.05) is 0 Å². The van der Waals surface area contributed by atoms with Gasteiger partial charge in [0.1, 0.15) is 0 Å². The summed E-state index contributed by atoms with van der Waals surface area (Å²) in [6, 6.07) is 0. The maximum atomic E-state index is 9.79. The molecule has 0 amide bonds. The molecule has 1 fully saturated rings. The minimum Gasteiger partial charge on any atom is -0.386 e. The van der Waals surface area contributed by atoms with Crippen LogP contribution in [-0.2, 0) is 5.60 Å². The zero-order chi connectivity index (χ0) is 11.6. The molecule has 0 atom stereocenters. The summed E-state index contributed by atoms with van der Waals surface area (Å²) in [4.78, 5) is 10.7. The number of hydrogen-bond donors (Lipinski definition) is 2. The van der Waals surface area contributed by atoms with E-state index in [0.29, 0.717) is 0 Å². The second-order valence-electron chi connectivity index (χ2n) is 4.57. The summed E-state index contributed by atoms with van der Waals surface area (Å²) in [6.07, 6.45) is 3.40. The minimum atomic E-state index is -0.873. The van der Waals surface area contributed by atoms with Gasteiger partial charge in [0.2, 0.25) is 5.95 Å². The molecule has 16 heavy (non-hydrogen) atoms. The highest BCUT2D eigenvalue weighted by Gasteiger charge is 2.18. The third kappa shape index (κ3) is 2.48. The molecule has 0 unspecified atom stereocenters. The van der Waals surface area contributed by atoms with Crippen molar-refractivity contribution in [3.05, 3.63) is 18.0 Å². The number of nitrogens with zero attached hydrogens (tertiary/aromatic N) is 3. The van der Waals surface area contributed by atoms with E-state index in [0.717, 1.165) is 37.7 Å². The van der Waals surface area contributed by atoms with Crippen LogP contribution in [0.1, 0.15) is 19.4 Å². The number of hydrogen-bond acceptors (Lipinski definition) is 5. The summed E-state index contributed by atoms with van der Waals surface area (Å²) in [5, 5.41) is 13.1. The lowest BCUT2D eigenvalue weighted by Crippen LogP contribution is -2.44. The quantitative estimate of drug-likeness (QED) is 0.744. The maximum absolute atomic E-state index is 9.79. The molecule has 2 heterocycles. The van der Waals surface area contributed by atoms with E-state index in [1.807, 2.05) is 0 Å². The molecule has 2 N–H and O–H groups in total. The van der Waals surface area contributed by atoms with Gasteiger partial charge in [0.25, 0.3) is 0 Å². The minimum absolute atomic E-state index is 0.742. The van der Waals surface area contributed by atoms with Crippen molar-refractivity contribution in [2.45, 2.75) is 19.4 Å². The van der Waals surface area contributed by atoms with E-state index in [1.54, 1.807) is 26.2 Å². The van der Waals surface area contributed by atoms with Crippen molar-refractivity contribution in [3.8, 4) is 0 Å². The normalized spacial score (nSPS) is 17.6. The van der Waals surface area contributed by atoms with E-state index in [9.17, 15) is 5.11 Å². The summed E-state index contributed by atoms with van der Waals surface area (Å²) >= 11 is 0. The molecule has 88 valence electrons. The molecular weight excluding hydrogens is 204 g/mol. The van der Waals surface area contributed by atoms with Crippen molar-refractivity contribution >= 4 is 5.95 Å². The van der Waals surface area contributed by atoms with Crippen LogP contribution < -0.4 is 10.2 Å². The predicted molar refractivity (Wildman–Crippen MR) is 62.4 cm³/mol. The molecule has 1 aromatic rings. The van der Waals surface area contributed by atoms with E-state index in [1.165, 1.54) is 0 Å². The average Bonchev–Trinajstić information content (AvgIpc) is 2.29. The Hall–Kier alpha value is -1.20. The Morgan fingerprint density at radius 2 is 1.81 bits per heavy atom. The fourth-order valence-electron chi connectivity index (χ4n) is 1.67. The molecule has 0 aliphatic carbocycles. The number of aromatic nitrogens is 2. The fraction of sp³-hybridized carbons (Fsp3) is 0.636. The Bertz CT molecular complexity index is 338. The van der Waals surface area contributed by atoms with Crippen molar-refractivity contribution in [2.75, 3.05) is 31.1 Å². The van der Waals surface area contributed by atoms with E-state index in [4.69, 9.17) is 0 Å². The Balaban J connectivity index is 2.12. The van der Waals surface area contributed by atoms with Crippen LogP contribution in [0.3, 0.4) is 0 Å². The first-order valence-corrected chi connectivity index (χ1v) is 5.58. The van der Waals surface area contributed by atoms with Gasteiger partial charge in [0.15, 0.2) is 0 Å². The van der Waals surface area contributed by atoms with E-state index in [-0.39, 0.29) is 0 Å². The SMILES string of the molecule is CC(C)(O)c1cnc(N2CCNCC2)nc1. The zero-order valence-corrected chi connectivity index (χ0v) is 9.77. The third-order valence-corrected chi connectivity index (χ3v) is 2.74. The van der Waals surface area contributed by atoms with E-state index < -0.39 is 5.60 Å². The van der Waals surface area contributed by atoms with Crippen LogP contribution in [0, 0.1) is 0 Å². The standard InChI is InChI=1S/C11H18N4O/c1-11(2,16)9-7-13-10(14-8-9)15-5-3-12-4-6-15/h7-8,12,16H,3-6H2,1-2H3. The van der Waals surface area contributed by atoms with Crippen LogP contribution >= 0.6 is 0 Å². The highest BCUT2D eigenvalue weighted by molar-refractivity contribution is 5.31. The van der Waals surface area contributed by atoms with Gasteiger partial charge in [0.05, 0.1) is 5.60 Å².